The molecule has 27 heavy (non-hydrogen) atoms. The molecule has 0 fully saturated rings. The second kappa shape index (κ2) is 8.41. The molecule has 0 saturated carbocycles. The molecule has 8 heteroatoms. The van der Waals surface area contributed by atoms with Crippen LogP contribution in [0.5, 0.6) is 11.5 Å². The van der Waals surface area contributed by atoms with Crippen molar-refractivity contribution in [2.45, 2.75) is 18.7 Å². The molecule has 7 nitrogen and oxygen atoms in total. The Balaban J connectivity index is 2.21. The van der Waals surface area contributed by atoms with Gasteiger partial charge in [0.15, 0.2) is 0 Å². The average molecular weight is 392 g/mol. The highest BCUT2D eigenvalue weighted by molar-refractivity contribution is 7.89. The van der Waals surface area contributed by atoms with Crippen LogP contribution in [0.1, 0.15) is 11.1 Å². The van der Waals surface area contributed by atoms with Crippen molar-refractivity contribution in [2.75, 3.05) is 33.1 Å². The Labute approximate surface area is 160 Å². The van der Waals surface area contributed by atoms with Crippen molar-refractivity contribution >= 4 is 21.6 Å². The van der Waals surface area contributed by atoms with Crippen molar-refractivity contribution < 1.29 is 22.7 Å². The molecule has 1 amide bonds. The second-order valence-electron chi connectivity index (χ2n) is 6.20. The predicted molar refractivity (Wildman–Crippen MR) is 104 cm³/mol. The lowest BCUT2D eigenvalue weighted by Crippen LogP contribution is -2.35. The highest BCUT2D eigenvalue weighted by Gasteiger charge is 2.27. The van der Waals surface area contributed by atoms with Crippen LogP contribution in [0.3, 0.4) is 0 Å². The number of aryl methyl sites for hydroxylation is 2. The second-order valence-corrected chi connectivity index (χ2v) is 8.22. The number of carbonyl (C=O) groups is 1. The van der Waals surface area contributed by atoms with Crippen molar-refractivity contribution in [2.24, 2.45) is 0 Å². The number of nitrogens with zero attached hydrogens (tertiary/aromatic N) is 1. The van der Waals surface area contributed by atoms with Crippen LogP contribution in [-0.4, -0.2) is 46.4 Å². The number of hydrogen-bond donors (Lipinski definition) is 1. The van der Waals surface area contributed by atoms with Gasteiger partial charge in [0.05, 0.1) is 20.8 Å². The Morgan fingerprint density at radius 1 is 1.04 bits per heavy atom. The van der Waals surface area contributed by atoms with E-state index in [-0.39, 0.29) is 17.2 Å². The van der Waals surface area contributed by atoms with Crippen LogP contribution >= 0.6 is 0 Å². The summed E-state index contributed by atoms with van der Waals surface area (Å²) in [5, 5.41) is 2.73. The van der Waals surface area contributed by atoms with Crippen molar-refractivity contribution in [3.8, 4) is 11.5 Å². The number of methoxy groups -OCH3 is 2. The van der Waals surface area contributed by atoms with Crippen molar-refractivity contribution in [3.63, 3.8) is 0 Å². The van der Waals surface area contributed by atoms with Gasteiger partial charge in [-0.1, -0.05) is 6.07 Å². The molecule has 0 unspecified atom stereocenters. The van der Waals surface area contributed by atoms with Gasteiger partial charge in [-0.05, 0) is 49.2 Å². The fraction of sp³-hybridized carbons (Fsp3) is 0.316. The first-order valence-electron chi connectivity index (χ1n) is 8.24. The molecule has 0 aromatic heterocycles. The molecule has 0 radical (unpaired) electrons. The summed E-state index contributed by atoms with van der Waals surface area (Å²) in [6.07, 6.45) is 0. The number of amides is 1. The lowest BCUT2D eigenvalue weighted by Gasteiger charge is -2.19. The van der Waals surface area contributed by atoms with Crippen LogP contribution in [0.4, 0.5) is 5.69 Å². The SMILES string of the molecule is COc1ccc(OC)c(S(=O)(=O)N(C)CC(=O)Nc2cc(C)cc(C)c2)c1. The van der Waals surface area contributed by atoms with Gasteiger partial charge in [-0.2, -0.15) is 4.31 Å². The van der Waals surface area contributed by atoms with E-state index < -0.39 is 15.9 Å². The highest BCUT2D eigenvalue weighted by atomic mass is 32.2. The molecule has 2 rings (SSSR count). The monoisotopic (exact) mass is 392 g/mol. The van der Waals surface area contributed by atoms with Crippen LogP contribution in [-0.2, 0) is 14.8 Å². The number of hydrogen-bond acceptors (Lipinski definition) is 5. The molecule has 0 aliphatic carbocycles. The average Bonchev–Trinajstić information content (AvgIpc) is 2.59. The Hall–Kier alpha value is -2.58. The molecule has 146 valence electrons. The minimum Gasteiger partial charge on any atom is -0.497 e. The summed E-state index contributed by atoms with van der Waals surface area (Å²) in [4.78, 5) is 12.3. The molecule has 2 aromatic carbocycles. The number of ether oxygens (including phenoxy) is 2. The third-order valence-electron chi connectivity index (χ3n) is 3.93. The maximum atomic E-state index is 12.9. The quantitative estimate of drug-likeness (QED) is 0.783. The van der Waals surface area contributed by atoms with Crippen molar-refractivity contribution in [3.05, 3.63) is 47.5 Å². The first kappa shape index (κ1) is 20.7. The summed E-state index contributed by atoms with van der Waals surface area (Å²) in [6, 6.07) is 10.1. The summed E-state index contributed by atoms with van der Waals surface area (Å²) in [6.45, 7) is 3.51. The van der Waals surface area contributed by atoms with E-state index in [1.807, 2.05) is 32.0 Å². The lowest BCUT2D eigenvalue weighted by atomic mass is 10.1. The van der Waals surface area contributed by atoms with Crippen molar-refractivity contribution in [1.29, 1.82) is 0 Å². The van der Waals surface area contributed by atoms with E-state index in [0.717, 1.165) is 15.4 Å². The number of anilines is 1. The normalized spacial score (nSPS) is 11.3. The van der Waals surface area contributed by atoms with Gasteiger partial charge in [0.2, 0.25) is 15.9 Å². The lowest BCUT2D eigenvalue weighted by molar-refractivity contribution is -0.116. The molecule has 0 bridgehead atoms. The Morgan fingerprint density at radius 3 is 2.22 bits per heavy atom. The van der Waals surface area contributed by atoms with Gasteiger partial charge in [0, 0.05) is 18.8 Å². The number of sulfonamides is 1. The smallest absolute Gasteiger partial charge is 0.247 e. The summed E-state index contributed by atoms with van der Waals surface area (Å²) >= 11 is 0. The Bertz CT molecular complexity index is 921. The maximum Gasteiger partial charge on any atom is 0.247 e. The van der Waals surface area contributed by atoms with Gasteiger partial charge in [0.25, 0.3) is 0 Å². The summed E-state index contributed by atoms with van der Waals surface area (Å²) in [5.74, 6) is 0.118. The molecule has 1 N–H and O–H groups in total. The van der Waals surface area contributed by atoms with E-state index in [4.69, 9.17) is 9.47 Å². The minimum absolute atomic E-state index is 0.0638. The van der Waals surface area contributed by atoms with Gasteiger partial charge in [-0.25, -0.2) is 8.42 Å². The molecule has 0 aliphatic heterocycles. The molecule has 0 heterocycles. The first-order valence-corrected chi connectivity index (χ1v) is 9.68. The van der Waals surface area contributed by atoms with Gasteiger partial charge in [-0.3, -0.25) is 4.79 Å². The summed E-state index contributed by atoms with van der Waals surface area (Å²) < 4.78 is 37.0. The molecule has 0 atom stereocenters. The van der Waals surface area contributed by atoms with E-state index in [0.29, 0.717) is 11.4 Å². The third-order valence-corrected chi connectivity index (χ3v) is 5.76. The molecule has 2 aromatic rings. The highest BCUT2D eigenvalue weighted by Crippen LogP contribution is 2.30. The maximum absolute atomic E-state index is 12.9. The Kier molecular flexibility index (Phi) is 6.45. The predicted octanol–water partition coefficient (Wildman–Crippen LogP) is 2.58. The number of nitrogens with one attached hydrogen (secondary N) is 1. The van der Waals surface area contributed by atoms with E-state index >= 15 is 0 Å². The number of benzene rings is 2. The largest absolute Gasteiger partial charge is 0.497 e. The third kappa shape index (κ3) is 4.99. The van der Waals surface area contributed by atoms with Gasteiger partial charge in [0.1, 0.15) is 16.4 Å². The molecular formula is C19H24N2O5S. The van der Waals surface area contributed by atoms with Crippen molar-refractivity contribution in [1.82, 2.24) is 4.31 Å². The van der Waals surface area contributed by atoms with Crippen LogP contribution in [0.15, 0.2) is 41.3 Å². The van der Waals surface area contributed by atoms with Gasteiger partial charge in [-0.15, -0.1) is 0 Å². The van der Waals surface area contributed by atoms with Crippen LogP contribution in [0.2, 0.25) is 0 Å². The van der Waals surface area contributed by atoms with E-state index in [9.17, 15) is 13.2 Å². The fourth-order valence-electron chi connectivity index (χ4n) is 2.69. The van der Waals surface area contributed by atoms with Crippen LogP contribution < -0.4 is 14.8 Å². The molecular weight excluding hydrogens is 368 g/mol. The zero-order valence-electron chi connectivity index (χ0n) is 16.1. The molecule has 0 spiro atoms. The van der Waals surface area contributed by atoms with E-state index in [1.165, 1.54) is 33.4 Å². The van der Waals surface area contributed by atoms with E-state index in [1.54, 1.807) is 6.07 Å². The number of carbonyl (C=O) groups excluding carboxylic acids is 1. The Morgan fingerprint density at radius 2 is 1.67 bits per heavy atom. The standard InChI is InChI=1S/C19H24N2O5S/c1-13-8-14(2)10-15(9-13)20-19(22)12-21(3)27(23,24)18-11-16(25-4)6-7-17(18)26-5/h6-11H,12H2,1-5H3,(H,20,22). The topological polar surface area (TPSA) is 84.9 Å². The number of likely N-dealkylation sites (N-methyl/N-ethyl adjacent to an activating group) is 1. The minimum atomic E-state index is -3.95. The fourth-order valence-corrected chi connectivity index (χ4v) is 3.98. The number of rotatable bonds is 7. The zero-order valence-corrected chi connectivity index (χ0v) is 16.9. The van der Waals surface area contributed by atoms with Crippen LogP contribution in [0, 0.1) is 13.8 Å². The molecule has 0 saturated heterocycles. The zero-order chi connectivity index (χ0) is 20.2. The van der Waals surface area contributed by atoms with Gasteiger partial charge >= 0.3 is 0 Å². The first-order chi connectivity index (χ1) is 12.7. The summed E-state index contributed by atoms with van der Waals surface area (Å²) in [5.41, 5.74) is 2.64. The van der Waals surface area contributed by atoms with Crippen LogP contribution in [0.25, 0.3) is 0 Å². The molecule has 0 aliphatic rings. The van der Waals surface area contributed by atoms with E-state index in [2.05, 4.69) is 5.32 Å². The van der Waals surface area contributed by atoms with Gasteiger partial charge < -0.3 is 14.8 Å². The summed E-state index contributed by atoms with van der Waals surface area (Å²) in [7, 11) is 0.218.